The van der Waals surface area contributed by atoms with Gasteiger partial charge in [0.1, 0.15) is 0 Å². The molecule has 0 spiro atoms. The third-order valence-corrected chi connectivity index (χ3v) is 4.73. The van der Waals surface area contributed by atoms with Crippen LogP contribution in [0.5, 0.6) is 11.5 Å². The Morgan fingerprint density at radius 2 is 1.83 bits per heavy atom. The van der Waals surface area contributed by atoms with Crippen molar-refractivity contribution < 1.29 is 26.9 Å². The van der Waals surface area contributed by atoms with Crippen LogP contribution < -0.4 is 8.92 Å². The number of hydrogen-bond acceptors (Lipinski definition) is 6. The van der Waals surface area contributed by atoms with Crippen LogP contribution in [-0.4, -0.2) is 52.9 Å². The van der Waals surface area contributed by atoms with Gasteiger partial charge >= 0.3 is 10.1 Å². The molecule has 0 aliphatic rings. The molecule has 0 saturated carbocycles. The maximum atomic E-state index is 12.9. The second kappa shape index (κ2) is 10.8. The van der Waals surface area contributed by atoms with E-state index in [4.69, 9.17) is 13.7 Å². The molecule has 1 rings (SSSR count). The zero-order chi connectivity index (χ0) is 22.2. The first kappa shape index (κ1) is 25.2. The van der Waals surface area contributed by atoms with Gasteiger partial charge in [-0.05, 0) is 35.4 Å². The van der Waals surface area contributed by atoms with Gasteiger partial charge in [-0.3, -0.25) is 4.79 Å². The van der Waals surface area contributed by atoms with Gasteiger partial charge in [-0.25, -0.2) is 0 Å². The first-order valence-corrected chi connectivity index (χ1v) is 11.5. The summed E-state index contributed by atoms with van der Waals surface area (Å²) in [5.41, 5.74) is 0.905. The Bertz CT molecular complexity index is 770. The van der Waals surface area contributed by atoms with E-state index in [9.17, 15) is 13.2 Å². The Morgan fingerprint density at radius 3 is 2.34 bits per heavy atom. The van der Waals surface area contributed by atoms with Gasteiger partial charge < -0.3 is 18.6 Å². The van der Waals surface area contributed by atoms with Crippen LogP contribution in [0.15, 0.2) is 18.2 Å². The van der Waals surface area contributed by atoms with Crippen molar-refractivity contribution in [3.8, 4) is 11.5 Å². The summed E-state index contributed by atoms with van der Waals surface area (Å²) in [6.07, 6.45) is 2.37. The zero-order valence-corrected chi connectivity index (χ0v) is 19.5. The Hall–Kier alpha value is -1.80. The molecule has 0 radical (unpaired) electrons. The molecule has 29 heavy (non-hydrogen) atoms. The molecular formula is C21H35NO6S. The number of benzene rings is 1. The summed E-state index contributed by atoms with van der Waals surface area (Å²) in [6.45, 7) is 9.78. The summed E-state index contributed by atoms with van der Waals surface area (Å²) in [4.78, 5) is 14.6. The Balaban J connectivity index is 2.99. The van der Waals surface area contributed by atoms with Gasteiger partial charge in [-0.1, -0.05) is 33.8 Å². The van der Waals surface area contributed by atoms with Crippen LogP contribution in [0.3, 0.4) is 0 Å². The second-order valence-electron chi connectivity index (χ2n) is 8.65. The van der Waals surface area contributed by atoms with Gasteiger partial charge in [-0.15, -0.1) is 0 Å². The summed E-state index contributed by atoms with van der Waals surface area (Å²) in [6, 6.07) is 5.02. The highest BCUT2D eigenvalue weighted by molar-refractivity contribution is 7.86. The number of amides is 1. The van der Waals surface area contributed by atoms with E-state index in [2.05, 4.69) is 27.7 Å². The molecular weight excluding hydrogens is 394 g/mol. The molecule has 1 atom stereocenters. The van der Waals surface area contributed by atoms with Gasteiger partial charge in [0.2, 0.25) is 5.91 Å². The lowest BCUT2D eigenvalue weighted by Crippen LogP contribution is -2.34. The van der Waals surface area contributed by atoms with Gasteiger partial charge in [0.25, 0.3) is 0 Å². The third kappa shape index (κ3) is 9.99. The lowest BCUT2D eigenvalue weighted by molar-refractivity contribution is -0.133. The highest BCUT2D eigenvalue weighted by atomic mass is 32.2. The minimum Gasteiger partial charge on any atom is -0.493 e. The zero-order valence-electron chi connectivity index (χ0n) is 18.6. The molecule has 1 amide bonds. The molecule has 0 N–H and O–H groups in total. The number of methoxy groups -OCH3 is 2. The fraction of sp³-hybridized carbons (Fsp3) is 0.667. The van der Waals surface area contributed by atoms with E-state index in [-0.39, 0.29) is 23.0 Å². The number of carbonyl (C=O) groups excluding carboxylic acids is 1. The van der Waals surface area contributed by atoms with Gasteiger partial charge in [0.05, 0.1) is 20.0 Å². The van der Waals surface area contributed by atoms with Gasteiger partial charge in [0, 0.05) is 26.6 Å². The van der Waals surface area contributed by atoms with E-state index in [1.165, 1.54) is 7.11 Å². The van der Waals surface area contributed by atoms with Crippen molar-refractivity contribution >= 4 is 16.0 Å². The molecule has 0 unspecified atom stereocenters. The maximum Gasteiger partial charge on any atom is 0.306 e. The Labute approximate surface area is 175 Å². The molecule has 0 bridgehead atoms. The van der Waals surface area contributed by atoms with Crippen molar-refractivity contribution in [3.05, 3.63) is 23.8 Å². The molecule has 0 aliphatic carbocycles. The lowest BCUT2D eigenvalue weighted by atomic mass is 9.84. The third-order valence-electron chi connectivity index (χ3n) is 4.24. The van der Waals surface area contributed by atoms with Crippen molar-refractivity contribution in [2.75, 3.05) is 33.6 Å². The van der Waals surface area contributed by atoms with E-state index < -0.39 is 10.1 Å². The van der Waals surface area contributed by atoms with Crippen LogP contribution in [-0.2, 0) is 26.2 Å². The van der Waals surface area contributed by atoms with E-state index in [0.29, 0.717) is 31.9 Å². The lowest BCUT2D eigenvalue weighted by Gasteiger charge is -2.27. The van der Waals surface area contributed by atoms with Gasteiger partial charge in [0.15, 0.2) is 11.5 Å². The smallest absolute Gasteiger partial charge is 0.306 e. The van der Waals surface area contributed by atoms with E-state index in [1.54, 1.807) is 30.2 Å². The highest BCUT2D eigenvalue weighted by Crippen LogP contribution is 2.30. The summed E-state index contributed by atoms with van der Waals surface area (Å²) in [5.74, 6) is 0.716. The quantitative estimate of drug-likeness (QED) is 0.501. The van der Waals surface area contributed by atoms with E-state index in [1.807, 2.05) is 0 Å². The first-order valence-electron chi connectivity index (χ1n) is 9.67. The topological polar surface area (TPSA) is 82.1 Å². The number of hydrogen-bond donors (Lipinski definition) is 0. The average molecular weight is 430 g/mol. The Morgan fingerprint density at radius 1 is 1.17 bits per heavy atom. The highest BCUT2D eigenvalue weighted by Gasteiger charge is 2.22. The maximum absolute atomic E-state index is 12.9. The predicted octanol–water partition coefficient (Wildman–Crippen LogP) is 3.47. The largest absolute Gasteiger partial charge is 0.493 e. The van der Waals surface area contributed by atoms with Crippen LogP contribution in [0.25, 0.3) is 0 Å². The van der Waals surface area contributed by atoms with Crippen molar-refractivity contribution in [3.63, 3.8) is 0 Å². The van der Waals surface area contributed by atoms with Crippen LogP contribution >= 0.6 is 0 Å². The molecule has 8 heteroatoms. The monoisotopic (exact) mass is 429 g/mol. The standard InChI is InChI=1S/C21H35NO6S/c1-16(14-21(2,3)4)12-20(23)22(10-11-26-5)15-17-8-9-18(27-6)19(13-17)28-29(7,24)25/h8-9,13,16H,10-12,14-15H2,1-7H3/t16-/m1/s1. The molecule has 7 nitrogen and oxygen atoms in total. The fourth-order valence-electron chi connectivity index (χ4n) is 3.31. The van der Waals surface area contributed by atoms with Crippen LogP contribution in [0.1, 0.15) is 46.1 Å². The number of rotatable bonds is 11. The summed E-state index contributed by atoms with van der Waals surface area (Å²) < 4.78 is 38.4. The summed E-state index contributed by atoms with van der Waals surface area (Å²) in [7, 11) is -0.666. The Kier molecular flexibility index (Phi) is 9.42. The minimum atomic E-state index is -3.70. The summed E-state index contributed by atoms with van der Waals surface area (Å²) in [5, 5.41) is 0. The molecule has 0 fully saturated rings. The molecule has 0 saturated heterocycles. The van der Waals surface area contributed by atoms with Crippen molar-refractivity contribution in [1.29, 1.82) is 0 Å². The van der Waals surface area contributed by atoms with Gasteiger partial charge in [-0.2, -0.15) is 8.42 Å². The molecule has 0 aliphatic heterocycles. The van der Waals surface area contributed by atoms with Crippen molar-refractivity contribution in [2.45, 2.75) is 47.1 Å². The molecule has 166 valence electrons. The molecule has 1 aromatic carbocycles. The SMILES string of the molecule is COCCN(Cc1ccc(OC)c(OS(C)(=O)=O)c1)C(=O)C[C@@H](C)CC(C)(C)C. The van der Waals surface area contributed by atoms with E-state index >= 15 is 0 Å². The van der Waals surface area contributed by atoms with Crippen LogP contribution in [0, 0.1) is 11.3 Å². The number of ether oxygens (including phenoxy) is 2. The number of nitrogens with zero attached hydrogens (tertiary/aromatic N) is 1. The molecule has 1 aromatic rings. The first-order chi connectivity index (χ1) is 13.3. The van der Waals surface area contributed by atoms with Crippen molar-refractivity contribution in [2.24, 2.45) is 11.3 Å². The number of carbonyl (C=O) groups is 1. The van der Waals surface area contributed by atoms with E-state index in [0.717, 1.165) is 18.2 Å². The van der Waals surface area contributed by atoms with Crippen LogP contribution in [0.4, 0.5) is 0 Å². The molecule has 0 aromatic heterocycles. The second-order valence-corrected chi connectivity index (χ2v) is 10.2. The fourth-order valence-corrected chi connectivity index (χ4v) is 3.76. The molecule has 0 heterocycles. The minimum absolute atomic E-state index is 0.0419. The van der Waals surface area contributed by atoms with Crippen LogP contribution in [0.2, 0.25) is 0 Å². The normalized spacial score (nSPS) is 13.1. The van der Waals surface area contributed by atoms with Crippen molar-refractivity contribution in [1.82, 2.24) is 4.90 Å². The average Bonchev–Trinajstić information content (AvgIpc) is 2.55. The predicted molar refractivity (Wildman–Crippen MR) is 114 cm³/mol. The summed E-state index contributed by atoms with van der Waals surface area (Å²) >= 11 is 0.